The summed E-state index contributed by atoms with van der Waals surface area (Å²) < 4.78 is 0. The molecule has 132 valence electrons. The Morgan fingerprint density at radius 2 is 1.65 bits per heavy atom. The lowest BCUT2D eigenvalue weighted by molar-refractivity contribution is -0.252. The van der Waals surface area contributed by atoms with Crippen molar-refractivity contribution in [2.75, 3.05) is 6.61 Å². The van der Waals surface area contributed by atoms with Gasteiger partial charge in [0.15, 0.2) is 0 Å². The van der Waals surface area contributed by atoms with Gasteiger partial charge in [-0.25, -0.2) is 0 Å². The van der Waals surface area contributed by atoms with Gasteiger partial charge in [0.05, 0.1) is 18.3 Å². The minimum atomic E-state index is -0.832. The van der Waals surface area contributed by atoms with Crippen LogP contribution in [0.1, 0.15) is 72.1 Å². The maximum atomic E-state index is 10.9. The molecule has 5 saturated carbocycles. The van der Waals surface area contributed by atoms with Gasteiger partial charge in [-0.1, -0.05) is 20.8 Å². The summed E-state index contributed by atoms with van der Waals surface area (Å²) in [6, 6.07) is 0. The number of aliphatic hydroxyl groups excluding tert-OH is 2. The molecular weight excluding hydrogens is 288 g/mol. The van der Waals surface area contributed by atoms with E-state index in [9.17, 15) is 15.3 Å². The Morgan fingerprint density at radius 3 is 2.35 bits per heavy atom. The molecule has 23 heavy (non-hydrogen) atoms. The second-order valence-corrected chi connectivity index (χ2v) is 10.3. The van der Waals surface area contributed by atoms with Gasteiger partial charge in [-0.2, -0.15) is 0 Å². The molecule has 0 heterocycles. The Kier molecular flexibility index (Phi) is 3.37. The summed E-state index contributed by atoms with van der Waals surface area (Å²) in [6.45, 7) is 6.94. The molecule has 0 saturated heterocycles. The molecule has 0 aromatic heterocycles. The minimum absolute atomic E-state index is 0.00141. The van der Waals surface area contributed by atoms with Crippen molar-refractivity contribution >= 4 is 0 Å². The van der Waals surface area contributed by atoms with Gasteiger partial charge in [-0.05, 0) is 85.4 Å². The Morgan fingerprint density at radius 1 is 0.957 bits per heavy atom. The first-order valence-corrected chi connectivity index (χ1v) is 9.69. The number of aliphatic hydroxyl groups is 3. The summed E-state index contributed by atoms with van der Waals surface area (Å²) in [6.07, 6.45) is 8.40. The van der Waals surface area contributed by atoms with Gasteiger partial charge in [-0.15, -0.1) is 0 Å². The van der Waals surface area contributed by atoms with E-state index in [0.717, 1.165) is 32.1 Å². The summed E-state index contributed by atoms with van der Waals surface area (Å²) in [5, 5.41) is 31.3. The van der Waals surface area contributed by atoms with Crippen LogP contribution in [0.4, 0.5) is 0 Å². The third-order valence-corrected chi connectivity index (χ3v) is 9.18. The zero-order chi connectivity index (χ0) is 16.7. The smallest absolute Gasteiger partial charge is 0.0910 e. The SMILES string of the molecule is CC1(C)C(O)CC[C@]2(C)[C@H]1CC[C@@]13CCC(C[C@@H]12)[C@](O)(CO)C3. The fourth-order valence-corrected chi connectivity index (χ4v) is 7.91. The lowest BCUT2D eigenvalue weighted by Crippen LogP contribution is -2.66. The van der Waals surface area contributed by atoms with E-state index < -0.39 is 5.60 Å². The van der Waals surface area contributed by atoms with Crippen molar-refractivity contribution in [3.8, 4) is 0 Å². The zero-order valence-corrected chi connectivity index (χ0v) is 15.0. The standard InChI is InChI=1S/C20H34O3/c1-17(2)14-5-9-19-8-4-13(20(23,11-19)12-21)10-15(19)18(14,3)7-6-16(17)22/h13-16,21-23H,4-12H2,1-3H3/t13?,14-,15+,16?,18+,19+,20+/m0/s1. The molecule has 0 aliphatic heterocycles. The van der Waals surface area contributed by atoms with Crippen LogP contribution >= 0.6 is 0 Å². The molecular formula is C20H34O3. The quantitative estimate of drug-likeness (QED) is 0.695. The van der Waals surface area contributed by atoms with Crippen LogP contribution in [0.15, 0.2) is 0 Å². The predicted molar refractivity (Wildman–Crippen MR) is 89.8 cm³/mol. The van der Waals surface area contributed by atoms with Crippen LogP contribution in [-0.4, -0.2) is 33.6 Å². The second-order valence-electron chi connectivity index (χ2n) is 10.3. The third-order valence-electron chi connectivity index (χ3n) is 9.18. The third kappa shape index (κ3) is 1.93. The molecule has 5 rings (SSSR count). The average molecular weight is 322 g/mol. The van der Waals surface area contributed by atoms with E-state index in [2.05, 4.69) is 20.8 Å². The molecule has 2 unspecified atom stereocenters. The van der Waals surface area contributed by atoms with Gasteiger partial charge in [0.1, 0.15) is 0 Å². The lowest BCUT2D eigenvalue weighted by Gasteiger charge is -2.70. The highest BCUT2D eigenvalue weighted by Gasteiger charge is 2.67. The Labute approximate surface area is 140 Å². The van der Waals surface area contributed by atoms with Gasteiger partial charge in [0, 0.05) is 0 Å². The lowest BCUT2D eigenvalue weighted by atomic mass is 9.35. The summed E-state index contributed by atoms with van der Waals surface area (Å²) in [4.78, 5) is 0. The highest BCUT2D eigenvalue weighted by Crippen LogP contribution is 2.72. The van der Waals surface area contributed by atoms with E-state index in [4.69, 9.17) is 0 Å². The average Bonchev–Trinajstić information content (AvgIpc) is 2.51. The number of rotatable bonds is 1. The fourth-order valence-electron chi connectivity index (χ4n) is 7.91. The summed E-state index contributed by atoms with van der Waals surface area (Å²) in [5.41, 5.74) is -0.313. The first-order chi connectivity index (χ1) is 10.7. The van der Waals surface area contributed by atoms with Crippen molar-refractivity contribution in [3.63, 3.8) is 0 Å². The fraction of sp³-hybridized carbons (Fsp3) is 1.00. The topological polar surface area (TPSA) is 60.7 Å². The molecule has 5 aliphatic rings. The van der Waals surface area contributed by atoms with Crippen LogP contribution in [0.25, 0.3) is 0 Å². The Balaban J connectivity index is 1.72. The van der Waals surface area contributed by atoms with Crippen LogP contribution in [0, 0.1) is 34.0 Å². The van der Waals surface area contributed by atoms with E-state index in [0.29, 0.717) is 11.8 Å². The Hall–Kier alpha value is -0.120. The monoisotopic (exact) mass is 322 g/mol. The van der Waals surface area contributed by atoms with Crippen LogP contribution in [0.3, 0.4) is 0 Å². The summed E-state index contributed by atoms with van der Waals surface area (Å²) >= 11 is 0. The predicted octanol–water partition coefficient (Wildman–Crippen LogP) is 3.11. The van der Waals surface area contributed by atoms with Crippen molar-refractivity contribution in [1.82, 2.24) is 0 Å². The molecule has 1 spiro atoms. The molecule has 0 radical (unpaired) electrons. The van der Waals surface area contributed by atoms with Crippen LogP contribution in [-0.2, 0) is 0 Å². The molecule has 0 amide bonds. The van der Waals surface area contributed by atoms with Gasteiger partial charge >= 0.3 is 0 Å². The second kappa shape index (κ2) is 4.74. The van der Waals surface area contributed by atoms with Crippen LogP contribution < -0.4 is 0 Å². The highest BCUT2D eigenvalue weighted by molar-refractivity contribution is 5.17. The van der Waals surface area contributed by atoms with E-state index in [1.807, 2.05) is 0 Å². The normalized spacial score (nSPS) is 57.7. The zero-order valence-electron chi connectivity index (χ0n) is 15.0. The van der Waals surface area contributed by atoms with E-state index in [1.54, 1.807) is 0 Å². The molecule has 3 N–H and O–H groups in total. The molecule has 5 fully saturated rings. The van der Waals surface area contributed by atoms with Crippen molar-refractivity contribution in [3.05, 3.63) is 0 Å². The molecule has 3 heteroatoms. The van der Waals surface area contributed by atoms with Crippen molar-refractivity contribution in [2.24, 2.45) is 34.0 Å². The molecule has 0 aromatic rings. The van der Waals surface area contributed by atoms with E-state index >= 15 is 0 Å². The first kappa shape index (κ1) is 16.4. The van der Waals surface area contributed by atoms with Crippen molar-refractivity contribution < 1.29 is 15.3 Å². The van der Waals surface area contributed by atoms with Gasteiger partial charge < -0.3 is 15.3 Å². The maximum Gasteiger partial charge on any atom is 0.0910 e. The first-order valence-electron chi connectivity index (χ1n) is 9.69. The Bertz CT molecular complexity index is 503. The largest absolute Gasteiger partial charge is 0.393 e. The van der Waals surface area contributed by atoms with Gasteiger partial charge in [0.2, 0.25) is 0 Å². The van der Waals surface area contributed by atoms with E-state index in [1.165, 1.54) is 19.3 Å². The van der Waals surface area contributed by atoms with Gasteiger partial charge in [0.25, 0.3) is 0 Å². The molecule has 7 atom stereocenters. The molecule has 5 aliphatic carbocycles. The van der Waals surface area contributed by atoms with Crippen LogP contribution in [0.5, 0.6) is 0 Å². The number of hydrogen-bond donors (Lipinski definition) is 3. The van der Waals surface area contributed by atoms with E-state index in [-0.39, 0.29) is 34.9 Å². The van der Waals surface area contributed by atoms with Crippen LogP contribution in [0.2, 0.25) is 0 Å². The van der Waals surface area contributed by atoms with Crippen molar-refractivity contribution in [2.45, 2.75) is 83.8 Å². The summed E-state index contributed by atoms with van der Waals surface area (Å²) in [7, 11) is 0. The molecule has 3 nitrogen and oxygen atoms in total. The molecule has 0 aromatic carbocycles. The molecule has 2 bridgehead atoms. The summed E-state index contributed by atoms with van der Waals surface area (Å²) in [5.74, 6) is 1.51. The minimum Gasteiger partial charge on any atom is -0.393 e. The van der Waals surface area contributed by atoms with Gasteiger partial charge in [-0.3, -0.25) is 0 Å². The number of fused-ring (bicyclic) bond motifs is 3. The highest BCUT2D eigenvalue weighted by atomic mass is 16.3. The van der Waals surface area contributed by atoms with Crippen molar-refractivity contribution in [1.29, 1.82) is 0 Å². The maximum absolute atomic E-state index is 10.9. The number of hydrogen-bond acceptors (Lipinski definition) is 3.